The van der Waals surface area contributed by atoms with E-state index in [1.165, 1.54) is 19.3 Å². The molecule has 0 unspecified atom stereocenters. The molecule has 2 amide bonds. The molecule has 96 valence electrons. The minimum Gasteiger partial charge on any atom is -0.279 e. The van der Waals surface area contributed by atoms with Crippen molar-refractivity contribution in [1.29, 1.82) is 0 Å². The van der Waals surface area contributed by atoms with Gasteiger partial charge in [-0.25, -0.2) is 0 Å². The molecule has 0 radical (unpaired) electrons. The van der Waals surface area contributed by atoms with Gasteiger partial charge in [0.15, 0.2) is 0 Å². The van der Waals surface area contributed by atoms with Crippen molar-refractivity contribution < 1.29 is 9.59 Å². The van der Waals surface area contributed by atoms with E-state index in [1.54, 1.807) is 4.90 Å². The predicted octanol–water partition coefficient (Wildman–Crippen LogP) is 2.13. The highest BCUT2D eigenvalue weighted by atomic mass is 16.2. The van der Waals surface area contributed by atoms with Crippen LogP contribution in [-0.2, 0) is 9.59 Å². The van der Waals surface area contributed by atoms with Crippen molar-refractivity contribution in [1.82, 2.24) is 4.90 Å². The minimum atomic E-state index is -0.00516. The quantitative estimate of drug-likeness (QED) is 0.524. The van der Waals surface area contributed by atoms with Crippen LogP contribution >= 0.6 is 0 Å². The third-order valence-electron chi connectivity index (χ3n) is 5.44. The van der Waals surface area contributed by atoms with E-state index in [1.807, 2.05) is 0 Å². The summed E-state index contributed by atoms with van der Waals surface area (Å²) in [5, 5.41) is 0. The van der Waals surface area contributed by atoms with Crippen molar-refractivity contribution >= 4 is 11.8 Å². The summed E-state index contributed by atoms with van der Waals surface area (Å²) in [7, 11) is 0. The zero-order valence-corrected chi connectivity index (χ0v) is 10.5. The van der Waals surface area contributed by atoms with E-state index in [-0.39, 0.29) is 29.7 Å². The van der Waals surface area contributed by atoms with Gasteiger partial charge in [-0.15, -0.1) is 0 Å². The summed E-state index contributed by atoms with van der Waals surface area (Å²) in [4.78, 5) is 26.8. The first kappa shape index (κ1) is 10.8. The molecule has 0 aromatic heterocycles. The number of fused-ring (bicyclic) bond motifs is 5. The molecule has 4 aliphatic rings. The molecule has 0 N–H and O–H groups in total. The van der Waals surface area contributed by atoms with E-state index in [0.29, 0.717) is 11.8 Å². The summed E-state index contributed by atoms with van der Waals surface area (Å²) < 4.78 is 0. The van der Waals surface area contributed by atoms with E-state index in [9.17, 15) is 9.59 Å². The Morgan fingerprint density at radius 1 is 0.889 bits per heavy atom. The van der Waals surface area contributed by atoms with Crippen molar-refractivity contribution in [2.45, 2.75) is 44.6 Å². The summed E-state index contributed by atoms with van der Waals surface area (Å²) in [6, 6.07) is 0.212. The standard InChI is InChI=1S/C15H19NO2/c17-14-12-9-6-7-10(8-9)13(12)15(18)16(14)11-4-2-1-3-5-11/h6-7,9-13H,1-5,8H2/t9-,10-,12-,13-/m0/s1. The summed E-state index contributed by atoms with van der Waals surface area (Å²) in [6.45, 7) is 0. The smallest absolute Gasteiger partial charge is 0.233 e. The highest BCUT2D eigenvalue weighted by Gasteiger charge is 2.60. The summed E-state index contributed by atoms with van der Waals surface area (Å²) >= 11 is 0. The second kappa shape index (κ2) is 3.69. The Hall–Kier alpha value is -1.12. The van der Waals surface area contributed by atoms with Gasteiger partial charge < -0.3 is 0 Å². The molecule has 0 spiro atoms. The Balaban J connectivity index is 1.63. The maximum Gasteiger partial charge on any atom is 0.233 e. The molecular weight excluding hydrogens is 226 g/mol. The molecule has 1 aliphatic heterocycles. The summed E-state index contributed by atoms with van der Waals surface area (Å²) in [5.74, 6) is 0.987. The predicted molar refractivity (Wildman–Crippen MR) is 66.4 cm³/mol. The number of carbonyl (C=O) groups is 2. The second-order valence-corrected chi connectivity index (χ2v) is 6.34. The Kier molecular flexibility index (Phi) is 2.21. The van der Waals surface area contributed by atoms with Crippen LogP contribution in [0.15, 0.2) is 12.2 Å². The fourth-order valence-electron chi connectivity index (χ4n) is 4.62. The lowest BCUT2D eigenvalue weighted by Gasteiger charge is -2.30. The maximum atomic E-state index is 12.6. The van der Waals surface area contributed by atoms with Gasteiger partial charge in [0.1, 0.15) is 0 Å². The second-order valence-electron chi connectivity index (χ2n) is 6.34. The maximum absolute atomic E-state index is 12.6. The lowest BCUT2D eigenvalue weighted by Crippen LogP contribution is -2.42. The van der Waals surface area contributed by atoms with Crippen molar-refractivity contribution in [3.63, 3.8) is 0 Å². The molecule has 3 aliphatic carbocycles. The highest BCUT2D eigenvalue weighted by molar-refractivity contribution is 6.06. The Bertz CT molecular complexity index is 406. The topological polar surface area (TPSA) is 37.4 Å². The largest absolute Gasteiger partial charge is 0.279 e. The minimum absolute atomic E-state index is 0.00516. The number of allylic oxidation sites excluding steroid dienone is 2. The molecule has 3 nitrogen and oxygen atoms in total. The van der Waals surface area contributed by atoms with Crippen LogP contribution in [0.25, 0.3) is 0 Å². The molecule has 3 fully saturated rings. The molecule has 0 aromatic carbocycles. The lowest BCUT2D eigenvalue weighted by atomic mass is 9.85. The normalized spacial score (nSPS) is 43.0. The zero-order valence-electron chi connectivity index (χ0n) is 10.5. The number of hydrogen-bond donors (Lipinski definition) is 0. The Morgan fingerprint density at radius 2 is 1.44 bits per heavy atom. The SMILES string of the molecule is O=C1[C@@H]2[C@@H](C(=O)N1C1CCCCC1)[C@H]1C=C[C@H]2C1. The average Bonchev–Trinajstić information content (AvgIpc) is 3.05. The fraction of sp³-hybridized carbons (Fsp3) is 0.733. The third kappa shape index (κ3) is 1.25. The molecule has 2 bridgehead atoms. The summed E-state index contributed by atoms with van der Waals surface area (Å²) in [6.07, 6.45) is 11.0. The van der Waals surface area contributed by atoms with Gasteiger partial charge in [0.2, 0.25) is 11.8 Å². The third-order valence-corrected chi connectivity index (χ3v) is 5.44. The number of imide groups is 1. The summed E-state index contributed by atoms with van der Waals surface area (Å²) in [5.41, 5.74) is 0. The van der Waals surface area contributed by atoms with Crippen LogP contribution in [0.4, 0.5) is 0 Å². The molecule has 3 heteroatoms. The van der Waals surface area contributed by atoms with Crippen molar-refractivity contribution in [2.75, 3.05) is 0 Å². The van der Waals surface area contributed by atoms with Gasteiger partial charge in [-0.2, -0.15) is 0 Å². The number of likely N-dealkylation sites (tertiary alicyclic amines) is 1. The van der Waals surface area contributed by atoms with Crippen LogP contribution in [0.3, 0.4) is 0 Å². The monoisotopic (exact) mass is 245 g/mol. The highest BCUT2D eigenvalue weighted by Crippen LogP contribution is 2.53. The van der Waals surface area contributed by atoms with E-state index in [0.717, 1.165) is 19.3 Å². The molecular formula is C15H19NO2. The average molecular weight is 245 g/mol. The van der Waals surface area contributed by atoms with E-state index >= 15 is 0 Å². The number of rotatable bonds is 1. The number of hydrogen-bond acceptors (Lipinski definition) is 2. The first-order valence-electron chi connectivity index (χ1n) is 7.32. The van der Waals surface area contributed by atoms with E-state index in [2.05, 4.69) is 12.2 Å². The van der Waals surface area contributed by atoms with Crippen LogP contribution < -0.4 is 0 Å². The first-order valence-corrected chi connectivity index (χ1v) is 7.32. The first-order chi connectivity index (χ1) is 8.77. The molecule has 4 rings (SSSR count). The molecule has 4 atom stereocenters. The molecule has 2 saturated carbocycles. The van der Waals surface area contributed by atoms with Crippen LogP contribution in [-0.4, -0.2) is 22.8 Å². The molecule has 18 heavy (non-hydrogen) atoms. The fourth-order valence-corrected chi connectivity index (χ4v) is 4.62. The van der Waals surface area contributed by atoms with Crippen molar-refractivity contribution in [3.05, 3.63) is 12.2 Å². The van der Waals surface area contributed by atoms with Gasteiger partial charge in [0.25, 0.3) is 0 Å². The number of amides is 2. The van der Waals surface area contributed by atoms with Gasteiger partial charge in [0, 0.05) is 6.04 Å². The zero-order chi connectivity index (χ0) is 12.3. The van der Waals surface area contributed by atoms with Gasteiger partial charge in [-0.3, -0.25) is 14.5 Å². The van der Waals surface area contributed by atoms with Gasteiger partial charge in [-0.1, -0.05) is 31.4 Å². The number of nitrogens with zero attached hydrogens (tertiary/aromatic N) is 1. The van der Waals surface area contributed by atoms with Crippen LogP contribution in [0.5, 0.6) is 0 Å². The molecule has 0 aromatic rings. The Morgan fingerprint density at radius 3 is 2.00 bits per heavy atom. The number of carbonyl (C=O) groups excluding carboxylic acids is 2. The van der Waals surface area contributed by atoms with Crippen molar-refractivity contribution in [3.8, 4) is 0 Å². The molecule has 1 heterocycles. The van der Waals surface area contributed by atoms with Crippen LogP contribution in [0.2, 0.25) is 0 Å². The van der Waals surface area contributed by atoms with E-state index < -0.39 is 0 Å². The van der Waals surface area contributed by atoms with Crippen LogP contribution in [0, 0.1) is 23.7 Å². The van der Waals surface area contributed by atoms with Gasteiger partial charge >= 0.3 is 0 Å². The van der Waals surface area contributed by atoms with Gasteiger partial charge in [-0.05, 0) is 31.1 Å². The van der Waals surface area contributed by atoms with E-state index in [4.69, 9.17) is 0 Å². The van der Waals surface area contributed by atoms with Crippen molar-refractivity contribution in [2.24, 2.45) is 23.7 Å². The molecule has 1 saturated heterocycles. The van der Waals surface area contributed by atoms with Gasteiger partial charge in [0.05, 0.1) is 11.8 Å². The Labute approximate surface area is 107 Å². The van der Waals surface area contributed by atoms with Crippen LogP contribution in [0.1, 0.15) is 38.5 Å². The lowest BCUT2D eigenvalue weighted by molar-refractivity contribution is -0.144.